The maximum atomic E-state index is 11.2. The molecule has 1 heterocycles. The van der Waals surface area contributed by atoms with E-state index in [0.717, 1.165) is 6.26 Å². The Labute approximate surface area is 88.8 Å². The molecule has 2 N–H and O–H groups in total. The van der Waals surface area contributed by atoms with Crippen LogP contribution in [0, 0.1) is 0 Å². The predicted octanol–water partition coefficient (Wildman–Crippen LogP) is 0.369. The molecule has 0 aromatic carbocycles. The first kappa shape index (κ1) is 12.1. The highest BCUT2D eigenvalue weighted by Crippen LogP contribution is 2.21. The minimum absolute atomic E-state index is 0.0750. The lowest BCUT2D eigenvalue weighted by atomic mass is 10.1. The molecule has 86 valence electrons. The molecule has 0 amide bonds. The molecule has 0 aliphatic carbocycles. The van der Waals surface area contributed by atoms with Gasteiger partial charge in [-0.1, -0.05) is 5.16 Å². The Balaban J connectivity index is 3.06. The van der Waals surface area contributed by atoms with E-state index in [9.17, 15) is 8.42 Å². The van der Waals surface area contributed by atoms with Crippen LogP contribution in [0.25, 0.3) is 0 Å². The van der Waals surface area contributed by atoms with Crippen LogP contribution in [0.5, 0.6) is 0 Å². The van der Waals surface area contributed by atoms with E-state index in [2.05, 4.69) is 10.1 Å². The van der Waals surface area contributed by atoms with E-state index in [1.807, 2.05) is 0 Å². The Morgan fingerprint density at radius 2 is 2.00 bits per heavy atom. The average Bonchev–Trinajstić information content (AvgIpc) is 2.47. The summed E-state index contributed by atoms with van der Waals surface area (Å²) in [6, 6.07) is 0. The minimum atomic E-state index is -3.23. The van der Waals surface area contributed by atoms with Crippen LogP contribution >= 0.6 is 0 Å². The van der Waals surface area contributed by atoms with E-state index in [1.165, 1.54) is 6.92 Å². The van der Waals surface area contributed by atoms with Crippen molar-refractivity contribution in [1.82, 2.24) is 10.1 Å². The molecule has 1 atom stereocenters. The molecule has 0 fully saturated rings. The summed E-state index contributed by atoms with van der Waals surface area (Å²) in [7, 11) is -3.23. The SMILES string of the molecule is CC(c1nc(C(C)(C)N)no1)S(C)(=O)=O. The molecule has 0 radical (unpaired) electrons. The van der Waals surface area contributed by atoms with Gasteiger partial charge in [-0.3, -0.25) is 0 Å². The Morgan fingerprint density at radius 1 is 1.47 bits per heavy atom. The molecular formula is C8H15N3O3S. The fourth-order valence-electron chi connectivity index (χ4n) is 0.845. The van der Waals surface area contributed by atoms with Gasteiger partial charge in [0.15, 0.2) is 15.7 Å². The molecule has 0 saturated heterocycles. The fourth-order valence-corrected chi connectivity index (χ4v) is 1.31. The summed E-state index contributed by atoms with van der Waals surface area (Å²) in [5.74, 6) is 0.374. The number of hydrogen-bond donors (Lipinski definition) is 1. The van der Waals surface area contributed by atoms with Gasteiger partial charge >= 0.3 is 0 Å². The first-order chi connectivity index (χ1) is 6.62. The van der Waals surface area contributed by atoms with Crippen molar-refractivity contribution in [3.8, 4) is 0 Å². The van der Waals surface area contributed by atoms with Crippen LogP contribution in [0.2, 0.25) is 0 Å². The number of rotatable bonds is 3. The van der Waals surface area contributed by atoms with Crippen molar-refractivity contribution >= 4 is 9.84 Å². The number of nitrogens with two attached hydrogens (primary N) is 1. The summed E-state index contributed by atoms with van der Waals surface area (Å²) in [6.45, 7) is 4.93. The summed E-state index contributed by atoms with van der Waals surface area (Å²) >= 11 is 0. The number of hydrogen-bond acceptors (Lipinski definition) is 6. The third-order valence-corrected chi connectivity index (χ3v) is 3.49. The van der Waals surface area contributed by atoms with Gasteiger partial charge in [0.2, 0.25) is 5.89 Å². The molecular weight excluding hydrogens is 218 g/mol. The van der Waals surface area contributed by atoms with Gasteiger partial charge in [-0.15, -0.1) is 0 Å². The molecule has 1 unspecified atom stereocenters. The van der Waals surface area contributed by atoms with Gasteiger partial charge in [0.1, 0.15) is 5.25 Å². The summed E-state index contributed by atoms with van der Waals surface area (Å²) < 4.78 is 27.3. The smallest absolute Gasteiger partial charge is 0.244 e. The fraction of sp³-hybridized carbons (Fsp3) is 0.750. The van der Waals surface area contributed by atoms with Crippen LogP contribution in [0.4, 0.5) is 0 Å². The first-order valence-corrected chi connectivity index (χ1v) is 6.39. The van der Waals surface area contributed by atoms with Crippen molar-refractivity contribution in [2.45, 2.75) is 31.6 Å². The van der Waals surface area contributed by atoms with Gasteiger partial charge in [0.05, 0.1) is 5.54 Å². The van der Waals surface area contributed by atoms with E-state index in [1.54, 1.807) is 13.8 Å². The quantitative estimate of drug-likeness (QED) is 0.809. The number of nitrogens with zero attached hydrogens (tertiary/aromatic N) is 2. The van der Waals surface area contributed by atoms with Crippen molar-refractivity contribution in [2.75, 3.05) is 6.26 Å². The Hall–Kier alpha value is -0.950. The van der Waals surface area contributed by atoms with Crippen molar-refractivity contribution < 1.29 is 12.9 Å². The van der Waals surface area contributed by atoms with Gasteiger partial charge in [0, 0.05) is 6.26 Å². The second-order valence-electron chi connectivity index (χ2n) is 4.15. The van der Waals surface area contributed by atoms with Crippen molar-refractivity contribution in [3.05, 3.63) is 11.7 Å². The molecule has 1 rings (SSSR count). The van der Waals surface area contributed by atoms with Gasteiger partial charge < -0.3 is 10.3 Å². The van der Waals surface area contributed by atoms with Gasteiger partial charge in [-0.2, -0.15) is 4.98 Å². The average molecular weight is 233 g/mol. The maximum absolute atomic E-state index is 11.2. The summed E-state index contributed by atoms with van der Waals surface area (Å²) in [6.07, 6.45) is 1.12. The molecule has 6 nitrogen and oxygen atoms in total. The molecule has 0 aliphatic heterocycles. The van der Waals surface area contributed by atoms with E-state index in [-0.39, 0.29) is 5.89 Å². The van der Waals surface area contributed by atoms with Crippen LogP contribution in [0.1, 0.15) is 37.7 Å². The Bertz CT molecular complexity index is 444. The zero-order valence-electron chi connectivity index (χ0n) is 9.18. The van der Waals surface area contributed by atoms with E-state index >= 15 is 0 Å². The van der Waals surface area contributed by atoms with Crippen molar-refractivity contribution in [1.29, 1.82) is 0 Å². The molecule has 1 aromatic rings. The summed E-state index contributed by atoms with van der Waals surface area (Å²) in [4.78, 5) is 3.97. The van der Waals surface area contributed by atoms with E-state index < -0.39 is 20.6 Å². The first-order valence-electron chi connectivity index (χ1n) is 4.44. The zero-order chi connectivity index (χ0) is 11.9. The monoisotopic (exact) mass is 233 g/mol. The lowest BCUT2D eigenvalue weighted by Crippen LogP contribution is -2.30. The van der Waals surface area contributed by atoms with Crippen LogP contribution in [0.3, 0.4) is 0 Å². The Kier molecular flexibility index (Phi) is 2.88. The van der Waals surface area contributed by atoms with Crippen molar-refractivity contribution in [3.63, 3.8) is 0 Å². The third-order valence-electron chi connectivity index (χ3n) is 2.01. The van der Waals surface area contributed by atoms with Crippen LogP contribution in [-0.2, 0) is 15.4 Å². The largest absolute Gasteiger partial charge is 0.338 e. The van der Waals surface area contributed by atoms with E-state index in [4.69, 9.17) is 10.3 Å². The highest BCUT2D eigenvalue weighted by atomic mass is 32.2. The minimum Gasteiger partial charge on any atom is -0.338 e. The third kappa shape index (κ3) is 2.75. The summed E-state index contributed by atoms with van der Waals surface area (Å²) in [5, 5.41) is 2.84. The van der Waals surface area contributed by atoms with Crippen molar-refractivity contribution in [2.24, 2.45) is 5.73 Å². The van der Waals surface area contributed by atoms with Gasteiger partial charge in [-0.25, -0.2) is 8.42 Å². The Morgan fingerprint density at radius 3 is 2.33 bits per heavy atom. The standard InChI is InChI=1S/C8H15N3O3S/c1-5(15(4,12)13)6-10-7(11-14-6)8(2,3)9/h5H,9H2,1-4H3. The molecule has 0 aliphatic rings. The maximum Gasteiger partial charge on any atom is 0.244 e. The van der Waals surface area contributed by atoms with Crippen LogP contribution in [-0.4, -0.2) is 24.8 Å². The molecule has 15 heavy (non-hydrogen) atoms. The predicted molar refractivity (Wildman–Crippen MR) is 54.8 cm³/mol. The highest BCUT2D eigenvalue weighted by Gasteiger charge is 2.27. The molecule has 7 heteroatoms. The molecule has 1 aromatic heterocycles. The number of sulfone groups is 1. The number of aromatic nitrogens is 2. The van der Waals surface area contributed by atoms with E-state index in [0.29, 0.717) is 5.82 Å². The second-order valence-corrected chi connectivity index (χ2v) is 6.52. The zero-order valence-corrected chi connectivity index (χ0v) is 10.00. The normalized spacial score (nSPS) is 15.3. The topological polar surface area (TPSA) is 99.1 Å². The van der Waals surface area contributed by atoms with Gasteiger partial charge in [0.25, 0.3) is 0 Å². The molecule has 0 saturated carbocycles. The van der Waals surface area contributed by atoms with Crippen LogP contribution < -0.4 is 5.73 Å². The lowest BCUT2D eigenvalue weighted by Gasteiger charge is -2.11. The second kappa shape index (κ2) is 3.57. The summed E-state index contributed by atoms with van der Waals surface area (Å²) in [5.41, 5.74) is 5.01. The molecule has 0 spiro atoms. The lowest BCUT2D eigenvalue weighted by molar-refractivity contribution is 0.359. The highest BCUT2D eigenvalue weighted by molar-refractivity contribution is 7.90. The molecule has 0 bridgehead atoms. The van der Waals surface area contributed by atoms with Crippen LogP contribution in [0.15, 0.2) is 4.52 Å². The van der Waals surface area contributed by atoms with Gasteiger partial charge in [-0.05, 0) is 20.8 Å².